The molecule has 0 aliphatic carbocycles. The zero-order valence-electron chi connectivity index (χ0n) is 8.14. The second-order valence-electron chi connectivity index (χ2n) is 3.75. The maximum atomic E-state index is 12.8. The summed E-state index contributed by atoms with van der Waals surface area (Å²) >= 11 is 0. The van der Waals surface area contributed by atoms with Gasteiger partial charge in [0.05, 0.1) is 5.92 Å². The highest BCUT2D eigenvalue weighted by Crippen LogP contribution is 2.36. The molecule has 15 heavy (non-hydrogen) atoms. The van der Waals surface area contributed by atoms with Crippen molar-refractivity contribution in [2.45, 2.75) is 18.5 Å². The third kappa shape index (κ3) is 2.15. The van der Waals surface area contributed by atoms with E-state index >= 15 is 0 Å². The van der Waals surface area contributed by atoms with Crippen LogP contribution in [0.4, 0.5) is 13.2 Å². The predicted molar refractivity (Wildman–Crippen MR) is 51.8 cm³/mol. The molecule has 0 fully saturated rings. The summed E-state index contributed by atoms with van der Waals surface area (Å²) in [4.78, 5) is 0. The van der Waals surface area contributed by atoms with Crippen molar-refractivity contribution in [2.75, 3.05) is 13.1 Å². The molecular formula is C11H12F3N. The smallest absolute Gasteiger partial charge is 0.315 e. The fourth-order valence-electron chi connectivity index (χ4n) is 1.97. The molecule has 1 N–H and O–H groups in total. The van der Waals surface area contributed by atoms with Crippen LogP contribution in [0.15, 0.2) is 24.3 Å². The molecule has 4 heteroatoms. The van der Waals surface area contributed by atoms with E-state index in [0.29, 0.717) is 18.5 Å². The maximum Gasteiger partial charge on any atom is 0.396 e. The minimum absolute atomic E-state index is 0.0134. The molecule has 0 saturated carbocycles. The molecule has 0 radical (unpaired) electrons. The van der Waals surface area contributed by atoms with Gasteiger partial charge in [0, 0.05) is 6.54 Å². The van der Waals surface area contributed by atoms with Crippen molar-refractivity contribution < 1.29 is 13.2 Å². The van der Waals surface area contributed by atoms with Gasteiger partial charge in [-0.15, -0.1) is 0 Å². The second kappa shape index (κ2) is 3.85. The molecule has 1 unspecified atom stereocenters. The Labute approximate surface area is 86.3 Å². The van der Waals surface area contributed by atoms with E-state index in [1.165, 1.54) is 0 Å². The summed E-state index contributed by atoms with van der Waals surface area (Å²) in [6, 6.07) is 6.82. The fourth-order valence-corrected chi connectivity index (χ4v) is 1.97. The average Bonchev–Trinajstić information content (AvgIpc) is 2.38. The summed E-state index contributed by atoms with van der Waals surface area (Å²) < 4.78 is 38.3. The molecule has 1 atom stereocenters. The summed E-state index contributed by atoms with van der Waals surface area (Å²) in [5.74, 6) is -1.36. The van der Waals surface area contributed by atoms with E-state index in [9.17, 15) is 13.2 Å². The Balaban J connectivity index is 2.41. The number of nitrogens with one attached hydrogen (secondary N) is 1. The normalized spacial score (nSPS) is 21.9. The molecule has 1 heterocycles. The Morgan fingerprint density at radius 3 is 2.67 bits per heavy atom. The first kappa shape index (κ1) is 10.5. The molecule has 0 aromatic heterocycles. The number of benzene rings is 1. The number of hydrogen-bond donors (Lipinski definition) is 1. The Hall–Kier alpha value is -1.03. The molecule has 82 valence electrons. The molecule has 0 saturated heterocycles. The number of fused-ring (bicyclic) bond motifs is 1. The van der Waals surface area contributed by atoms with Crippen LogP contribution in [0.1, 0.15) is 17.0 Å². The standard InChI is InChI=1S/C11H12F3N/c12-11(13,14)10-7-15-6-5-8-3-1-2-4-9(8)10/h1-4,10,15H,5-7H2. The van der Waals surface area contributed by atoms with Crippen molar-refractivity contribution in [3.63, 3.8) is 0 Å². The van der Waals surface area contributed by atoms with Crippen LogP contribution < -0.4 is 5.32 Å². The largest absolute Gasteiger partial charge is 0.396 e. The van der Waals surface area contributed by atoms with Gasteiger partial charge >= 0.3 is 6.18 Å². The van der Waals surface area contributed by atoms with E-state index in [2.05, 4.69) is 5.32 Å². The van der Waals surface area contributed by atoms with E-state index in [-0.39, 0.29) is 6.54 Å². The van der Waals surface area contributed by atoms with E-state index < -0.39 is 12.1 Å². The van der Waals surface area contributed by atoms with Gasteiger partial charge in [-0.2, -0.15) is 13.2 Å². The SMILES string of the molecule is FC(F)(F)C1CNCCc2ccccc21. The Bertz CT molecular complexity index is 346. The van der Waals surface area contributed by atoms with E-state index in [4.69, 9.17) is 0 Å². The van der Waals surface area contributed by atoms with E-state index in [1.807, 2.05) is 0 Å². The van der Waals surface area contributed by atoms with Gasteiger partial charge in [-0.05, 0) is 24.1 Å². The van der Waals surface area contributed by atoms with Crippen molar-refractivity contribution in [3.8, 4) is 0 Å². The average molecular weight is 215 g/mol. The number of alkyl halides is 3. The topological polar surface area (TPSA) is 12.0 Å². The van der Waals surface area contributed by atoms with Gasteiger partial charge < -0.3 is 5.32 Å². The summed E-state index contributed by atoms with van der Waals surface area (Å²) in [5, 5.41) is 2.83. The van der Waals surface area contributed by atoms with Crippen molar-refractivity contribution in [1.82, 2.24) is 5.32 Å². The minimum Gasteiger partial charge on any atom is -0.315 e. The van der Waals surface area contributed by atoms with Gasteiger partial charge in [0.25, 0.3) is 0 Å². The van der Waals surface area contributed by atoms with Gasteiger partial charge in [0.1, 0.15) is 0 Å². The van der Waals surface area contributed by atoms with E-state index in [1.54, 1.807) is 24.3 Å². The monoisotopic (exact) mass is 215 g/mol. The highest BCUT2D eigenvalue weighted by molar-refractivity contribution is 5.33. The highest BCUT2D eigenvalue weighted by Gasteiger charge is 2.41. The van der Waals surface area contributed by atoms with Gasteiger partial charge in [-0.1, -0.05) is 24.3 Å². The molecule has 0 spiro atoms. The lowest BCUT2D eigenvalue weighted by Crippen LogP contribution is -2.30. The Kier molecular flexibility index (Phi) is 2.69. The number of hydrogen-bond acceptors (Lipinski definition) is 1. The van der Waals surface area contributed by atoms with Crippen LogP contribution in [-0.2, 0) is 6.42 Å². The van der Waals surface area contributed by atoms with Crippen molar-refractivity contribution in [3.05, 3.63) is 35.4 Å². The van der Waals surface area contributed by atoms with Crippen LogP contribution in [0.3, 0.4) is 0 Å². The molecular weight excluding hydrogens is 203 g/mol. The minimum atomic E-state index is -4.16. The molecule has 2 rings (SSSR count). The lowest BCUT2D eigenvalue weighted by Gasteiger charge is -2.20. The molecule has 1 aliphatic heterocycles. The summed E-state index contributed by atoms with van der Waals surface area (Å²) in [6.45, 7) is 0.601. The van der Waals surface area contributed by atoms with Gasteiger partial charge in [0.15, 0.2) is 0 Å². The molecule has 0 bridgehead atoms. The first-order valence-electron chi connectivity index (χ1n) is 4.94. The van der Waals surface area contributed by atoms with Crippen molar-refractivity contribution in [2.24, 2.45) is 0 Å². The van der Waals surface area contributed by atoms with Crippen molar-refractivity contribution >= 4 is 0 Å². The van der Waals surface area contributed by atoms with Gasteiger partial charge in [-0.25, -0.2) is 0 Å². The van der Waals surface area contributed by atoms with Crippen LogP contribution in [0.5, 0.6) is 0 Å². The summed E-state index contributed by atoms with van der Waals surface area (Å²) in [5.41, 5.74) is 1.24. The molecule has 1 aromatic rings. The summed E-state index contributed by atoms with van der Waals surface area (Å²) in [7, 11) is 0. The lowest BCUT2D eigenvalue weighted by molar-refractivity contribution is -0.149. The zero-order valence-corrected chi connectivity index (χ0v) is 8.14. The number of rotatable bonds is 0. The maximum absolute atomic E-state index is 12.8. The van der Waals surface area contributed by atoms with Gasteiger partial charge in [-0.3, -0.25) is 0 Å². The Morgan fingerprint density at radius 1 is 1.20 bits per heavy atom. The van der Waals surface area contributed by atoms with Crippen LogP contribution >= 0.6 is 0 Å². The van der Waals surface area contributed by atoms with Gasteiger partial charge in [0.2, 0.25) is 0 Å². The molecule has 1 aliphatic rings. The second-order valence-corrected chi connectivity index (χ2v) is 3.75. The van der Waals surface area contributed by atoms with Crippen molar-refractivity contribution in [1.29, 1.82) is 0 Å². The molecule has 0 amide bonds. The predicted octanol–water partition coefficient (Wildman–Crippen LogP) is 2.48. The summed E-state index contributed by atoms with van der Waals surface area (Å²) in [6.07, 6.45) is -3.49. The number of halogens is 3. The molecule has 1 aromatic carbocycles. The zero-order chi connectivity index (χ0) is 10.9. The Morgan fingerprint density at radius 2 is 1.93 bits per heavy atom. The quantitative estimate of drug-likeness (QED) is 0.701. The fraction of sp³-hybridized carbons (Fsp3) is 0.455. The third-order valence-electron chi connectivity index (χ3n) is 2.75. The third-order valence-corrected chi connectivity index (χ3v) is 2.75. The van der Waals surface area contributed by atoms with E-state index in [0.717, 1.165) is 5.56 Å². The molecule has 1 nitrogen and oxygen atoms in total. The first-order valence-corrected chi connectivity index (χ1v) is 4.94. The van der Waals surface area contributed by atoms with Crippen LogP contribution in [0, 0.1) is 0 Å². The van der Waals surface area contributed by atoms with Crippen LogP contribution in [-0.4, -0.2) is 19.3 Å². The highest BCUT2D eigenvalue weighted by atomic mass is 19.4. The lowest BCUT2D eigenvalue weighted by atomic mass is 9.93. The first-order chi connectivity index (χ1) is 7.09. The van der Waals surface area contributed by atoms with Crippen LogP contribution in [0.25, 0.3) is 0 Å². The van der Waals surface area contributed by atoms with Crippen LogP contribution in [0.2, 0.25) is 0 Å².